The predicted octanol–water partition coefficient (Wildman–Crippen LogP) is 3.40. The summed E-state index contributed by atoms with van der Waals surface area (Å²) in [5.41, 5.74) is 1.15. The van der Waals surface area contributed by atoms with Crippen LogP contribution in [0.2, 0.25) is 5.02 Å². The maximum absolute atomic E-state index is 12.6. The van der Waals surface area contributed by atoms with Gasteiger partial charge in [-0.2, -0.15) is 0 Å². The van der Waals surface area contributed by atoms with E-state index in [-0.39, 0.29) is 18.2 Å². The highest BCUT2D eigenvalue weighted by atomic mass is 35.5. The highest BCUT2D eigenvalue weighted by molar-refractivity contribution is 6.30. The largest absolute Gasteiger partial charge is 0.508 e. The Morgan fingerprint density at radius 2 is 1.96 bits per heavy atom. The van der Waals surface area contributed by atoms with E-state index in [4.69, 9.17) is 16.3 Å². The number of aromatic hydroxyl groups is 1. The lowest BCUT2D eigenvalue weighted by atomic mass is 9.95. The van der Waals surface area contributed by atoms with Crippen molar-refractivity contribution in [1.29, 1.82) is 0 Å². The van der Waals surface area contributed by atoms with Gasteiger partial charge in [0.1, 0.15) is 11.5 Å². The molecule has 1 aliphatic rings. The Balaban J connectivity index is 1.71. The predicted molar refractivity (Wildman–Crippen MR) is 88.9 cm³/mol. The summed E-state index contributed by atoms with van der Waals surface area (Å²) in [6.07, 6.45) is 1.65. The Bertz CT molecular complexity index is 724. The molecule has 5 heteroatoms. The van der Waals surface area contributed by atoms with Crippen molar-refractivity contribution < 1.29 is 14.6 Å². The zero-order valence-corrected chi connectivity index (χ0v) is 13.6. The maximum atomic E-state index is 12.6. The third-order valence-corrected chi connectivity index (χ3v) is 4.56. The quantitative estimate of drug-likeness (QED) is 0.882. The fraction of sp³-hybridized carbons (Fsp3) is 0.278. The maximum Gasteiger partial charge on any atom is 0.230 e. The zero-order chi connectivity index (χ0) is 16.4. The molecule has 1 fully saturated rings. The monoisotopic (exact) mass is 331 g/mol. The number of methoxy groups -OCH3 is 1. The zero-order valence-electron chi connectivity index (χ0n) is 12.8. The van der Waals surface area contributed by atoms with Gasteiger partial charge in [-0.1, -0.05) is 23.7 Å². The van der Waals surface area contributed by atoms with Gasteiger partial charge in [-0.25, -0.2) is 0 Å². The van der Waals surface area contributed by atoms with Crippen molar-refractivity contribution in [2.75, 3.05) is 7.11 Å². The van der Waals surface area contributed by atoms with Crippen LogP contribution in [-0.4, -0.2) is 18.1 Å². The van der Waals surface area contributed by atoms with E-state index in [2.05, 4.69) is 5.32 Å². The van der Waals surface area contributed by atoms with Gasteiger partial charge in [0.05, 0.1) is 12.5 Å². The Morgan fingerprint density at radius 1 is 1.26 bits per heavy atom. The van der Waals surface area contributed by atoms with Crippen LogP contribution in [0.3, 0.4) is 0 Å². The summed E-state index contributed by atoms with van der Waals surface area (Å²) in [6.45, 7) is 0.261. The van der Waals surface area contributed by atoms with Gasteiger partial charge in [0.15, 0.2) is 0 Å². The number of amides is 1. The number of ether oxygens (including phenoxy) is 1. The number of hydrogen-bond donors (Lipinski definition) is 2. The van der Waals surface area contributed by atoms with Crippen LogP contribution in [-0.2, 0) is 16.8 Å². The van der Waals surface area contributed by atoms with E-state index in [1.54, 1.807) is 37.4 Å². The highest BCUT2D eigenvalue weighted by Gasteiger charge is 2.51. The van der Waals surface area contributed by atoms with Crippen molar-refractivity contribution in [3.63, 3.8) is 0 Å². The lowest BCUT2D eigenvalue weighted by molar-refractivity contribution is -0.123. The van der Waals surface area contributed by atoms with Gasteiger partial charge in [-0.3, -0.25) is 4.79 Å². The number of phenolic OH excluding ortho intramolecular Hbond substituents is 1. The molecule has 120 valence electrons. The van der Waals surface area contributed by atoms with Crippen molar-refractivity contribution in [3.05, 3.63) is 58.6 Å². The minimum absolute atomic E-state index is 0.0259. The van der Waals surface area contributed by atoms with Crippen molar-refractivity contribution in [2.45, 2.75) is 24.8 Å². The Labute approximate surface area is 140 Å². The molecule has 0 radical (unpaired) electrons. The number of hydrogen-bond acceptors (Lipinski definition) is 3. The van der Waals surface area contributed by atoms with Crippen LogP contribution in [0.5, 0.6) is 11.5 Å². The van der Waals surface area contributed by atoms with Crippen molar-refractivity contribution in [1.82, 2.24) is 5.32 Å². The number of carbonyl (C=O) groups is 1. The van der Waals surface area contributed by atoms with Crippen LogP contribution >= 0.6 is 11.6 Å². The van der Waals surface area contributed by atoms with E-state index in [1.165, 1.54) is 0 Å². The summed E-state index contributed by atoms with van der Waals surface area (Å²) in [5, 5.41) is 13.5. The van der Waals surface area contributed by atoms with Gasteiger partial charge in [0.2, 0.25) is 5.91 Å². The van der Waals surface area contributed by atoms with E-state index in [1.807, 2.05) is 12.1 Å². The van der Waals surface area contributed by atoms with Crippen molar-refractivity contribution in [3.8, 4) is 11.5 Å². The van der Waals surface area contributed by atoms with E-state index in [0.717, 1.165) is 18.4 Å². The summed E-state index contributed by atoms with van der Waals surface area (Å²) >= 11 is 5.91. The number of benzene rings is 2. The number of phenols is 1. The molecule has 0 bridgehead atoms. The molecular weight excluding hydrogens is 314 g/mol. The van der Waals surface area contributed by atoms with Crippen LogP contribution in [0.4, 0.5) is 0 Å². The van der Waals surface area contributed by atoms with E-state index < -0.39 is 5.41 Å². The van der Waals surface area contributed by atoms with Crippen molar-refractivity contribution >= 4 is 17.5 Å². The van der Waals surface area contributed by atoms with Gasteiger partial charge in [0, 0.05) is 17.1 Å². The van der Waals surface area contributed by atoms with Crippen LogP contribution in [0.15, 0.2) is 42.5 Å². The minimum Gasteiger partial charge on any atom is -0.508 e. The highest BCUT2D eigenvalue weighted by Crippen LogP contribution is 2.48. The van der Waals surface area contributed by atoms with E-state index in [0.29, 0.717) is 16.3 Å². The molecule has 0 spiro atoms. The number of rotatable bonds is 5. The smallest absolute Gasteiger partial charge is 0.230 e. The lowest BCUT2D eigenvalue weighted by Gasteiger charge is -2.16. The van der Waals surface area contributed by atoms with Gasteiger partial charge in [-0.15, -0.1) is 0 Å². The van der Waals surface area contributed by atoms with Crippen molar-refractivity contribution in [2.24, 2.45) is 0 Å². The topological polar surface area (TPSA) is 58.6 Å². The molecule has 0 saturated heterocycles. The molecular formula is C18H18ClNO3. The Hall–Kier alpha value is -2.20. The first-order valence-corrected chi connectivity index (χ1v) is 7.83. The number of halogens is 1. The molecule has 4 nitrogen and oxygen atoms in total. The number of carbonyl (C=O) groups excluding carboxylic acids is 1. The second-order valence-corrected chi connectivity index (χ2v) is 6.20. The standard InChI is InChI=1S/C18H18ClNO3/c1-23-15-6-7-16(21)12(10-15)11-20-17(22)18(8-9-18)13-2-4-14(19)5-3-13/h2-7,10,21H,8-9,11H2,1H3,(H,20,22). The molecule has 0 unspecified atom stereocenters. The van der Waals surface area contributed by atoms with Crippen LogP contribution in [0, 0.1) is 0 Å². The Morgan fingerprint density at radius 3 is 2.57 bits per heavy atom. The molecule has 1 saturated carbocycles. The summed E-state index contributed by atoms with van der Waals surface area (Å²) in [4.78, 5) is 12.6. The van der Waals surface area contributed by atoms with Gasteiger partial charge >= 0.3 is 0 Å². The van der Waals surface area contributed by atoms with Gasteiger partial charge in [-0.05, 0) is 48.7 Å². The van der Waals surface area contributed by atoms with Crippen LogP contribution in [0.1, 0.15) is 24.0 Å². The molecule has 1 amide bonds. The second kappa shape index (κ2) is 6.13. The average molecular weight is 332 g/mol. The van der Waals surface area contributed by atoms with Gasteiger partial charge in [0.25, 0.3) is 0 Å². The Kier molecular flexibility index (Phi) is 4.18. The molecule has 23 heavy (non-hydrogen) atoms. The van der Waals surface area contributed by atoms with Gasteiger partial charge < -0.3 is 15.2 Å². The first-order valence-electron chi connectivity index (χ1n) is 7.45. The fourth-order valence-corrected chi connectivity index (χ4v) is 2.84. The summed E-state index contributed by atoms with van der Waals surface area (Å²) in [7, 11) is 1.56. The molecule has 0 aromatic heterocycles. The molecule has 2 N–H and O–H groups in total. The molecule has 0 heterocycles. The SMILES string of the molecule is COc1ccc(O)c(CNC(=O)C2(c3ccc(Cl)cc3)CC2)c1. The van der Waals surface area contributed by atoms with Crippen LogP contribution in [0.25, 0.3) is 0 Å². The molecule has 1 aliphatic carbocycles. The average Bonchev–Trinajstić information content (AvgIpc) is 3.36. The molecule has 2 aromatic rings. The first kappa shape index (κ1) is 15.7. The second-order valence-electron chi connectivity index (χ2n) is 5.77. The third kappa shape index (κ3) is 3.13. The summed E-state index contributed by atoms with van der Waals surface area (Å²) in [6, 6.07) is 12.4. The fourth-order valence-electron chi connectivity index (χ4n) is 2.72. The normalized spacial score (nSPS) is 15.0. The first-order chi connectivity index (χ1) is 11.0. The van der Waals surface area contributed by atoms with Crippen LogP contribution < -0.4 is 10.1 Å². The minimum atomic E-state index is -0.459. The molecule has 2 aromatic carbocycles. The summed E-state index contributed by atoms with van der Waals surface area (Å²) in [5.74, 6) is 0.760. The van der Waals surface area contributed by atoms with E-state index >= 15 is 0 Å². The third-order valence-electron chi connectivity index (χ3n) is 4.31. The molecule has 0 aliphatic heterocycles. The number of nitrogens with one attached hydrogen (secondary N) is 1. The lowest BCUT2D eigenvalue weighted by Crippen LogP contribution is -2.34. The molecule has 0 atom stereocenters. The summed E-state index contributed by atoms with van der Waals surface area (Å²) < 4.78 is 5.14. The van der Waals surface area contributed by atoms with E-state index in [9.17, 15) is 9.90 Å². The molecule has 3 rings (SSSR count).